The lowest BCUT2D eigenvalue weighted by molar-refractivity contribution is 0.866. The van der Waals surface area contributed by atoms with Crippen molar-refractivity contribution in [1.29, 1.82) is 0 Å². The van der Waals surface area contributed by atoms with Gasteiger partial charge in [-0.1, -0.05) is 19.9 Å². The SMILES string of the molecule is Cc1ccc2[nH]cc(C)c2c1C(C)C. The van der Waals surface area contributed by atoms with E-state index in [0.29, 0.717) is 5.92 Å². The molecule has 0 aliphatic carbocycles. The van der Waals surface area contributed by atoms with E-state index >= 15 is 0 Å². The van der Waals surface area contributed by atoms with Crippen LogP contribution in [0.15, 0.2) is 18.3 Å². The third-order valence-corrected chi connectivity index (χ3v) is 2.88. The largest absolute Gasteiger partial charge is 0.361 e. The number of rotatable bonds is 1. The van der Waals surface area contributed by atoms with Gasteiger partial charge in [0.1, 0.15) is 0 Å². The van der Waals surface area contributed by atoms with Crippen molar-refractivity contribution in [3.05, 3.63) is 35.0 Å². The van der Waals surface area contributed by atoms with E-state index in [4.69, 9.17) is 0 Å². The molecule has 0 aliphatic heterocycles. The molecule has 0 atom stereocenters. The normalized spacial score (nSPS) is 11.5. The molecule has 0 amide bonds. The van der Waals surface area contributed by atoms with Crippen molar-refractivity contribution in [1.82, 2.24) is 4.98 Å². The number of aryl methyl sites for hydroxylation is 2. The predicted octanol–water partition coefficient (Wildman–Crippen LogP) is 3.91. The van der Waals surface area contributed by atoms with Crippen LogP contribution in [-0.4, -0.2) is 4.98 Å². The fraction of sp³-hybridized carbons (Fsp3) is 0.385. The van der Waals surface area contributed by atoms with Crippen LogP contribution in [0.5, 0.6) is 0 Å². The number of fused-ring (bicyclic) bond motifs is 1. The number of aromatic amines is 1. The van der Waals surface area contributed by atoms with Crippen LogP contribution in [0.25, 0.3) is 10.9 Å². The molecule has 74 valence electrons. The number of H-pyrrole nitrogens is 1. The summed E-state index contributed by atoms with van der Waals surface area (Å²) < 4.78 is 0. The summed E-state index contributed by atoms with van der Waals surface area (Å²) in [5.74, 6) is 0.591. The fourth-order valence-corrected chi connectivity index (χ4v) is 2.27. The highest BCUT2D eigenvalue weighted by atomic mass is 14.7. The zero-order valence-corrected chi connectivity index (χ0v) is 9.31. The molecule has 1 N–H and O–H groups in total. The van der Waals surface area contributed by atoms with Gasteiger partial charge in [-0.15, -0.1) is 0 Å². The van der Waals surface area contributed by atoms with Gasteiger partial charge in [0.15, 0.2) is 0 Å². The minimum Gasteiger partial charge on any atom is -0.361 e. The van der Waals surface area contributed by atoms with Gasteiger partial charge in [-0.2, -0.15) is 0 Å². The summed E-state index contributed by atoms with van der Waals surface area (Å²) in [5, 5.41) is 1.42. The minimum absolute atomic E-state index is 0.591. The number of nitrogens with one attached hydrogen (secondary N) is 1. The van der Waals surface area contributed by atoms with E-state index in [1.165, 1.54) is 27.6 Å². The Bertz CT molecular complexity index is 463. The Balaban J connectivity index is 2.87. The van der Waals surface area contributed by atoms with Crippen LogP contribution >= 0.6 is 0 Å². The van der Waals surface area contributed by atoms with E-state index in [1.807, 2.05) is 0 Å². The zero-order chi connectivity index (χ0) is 10.3. The first-order valence-corrected chi connectivity index (χ1v) is 5.18. The molecule has 0 spiro atoms. The topological polar surface area (TPSA) is 15.8 Å². The summed E-state index contributed by atoms with van der Waals surface area (Å²) >= 11 is 0. The Morgan fingerprint density at radius 1 is 1.07 bits per heavy atom. The van der Waals surface area contributed by atoms with Crippen LogP contribution in [0.2, 0.25) is 0 Å². The molecule has 1 aromatic heterocycles. The van der Waals surface area contributed by atoms with E-state index in [2.05, 4.69) is 51.0 Å². The highest BCUT2D eigenvalue weighted by Crippen LogP contribution is 2.30. The lowest BCUT2D eigenvalue weighted by Gasteiger charge is -2.12. The molecule has 0 unspecified atom stereocenters. The lowest BCUT2D eigenvalue weighted by Crippen LogP contribution is -1.93. The van der Waals surface area contributed by atoms with Crippen LogP contribution in [0.4, 0.5) is 0 Å². The standard InChI is InChI=1S/C13H17N/c1-8(2)12-9(3)5-6-11-13(12)10(4)7-14-11/h5-8,14H,1-4H3. The first kappa shape index (κ1) is 9.32. The van der Waals surface area contributed by atoms with Crippen molar-refractivity contribution < 1.29 is 0 Å². The second kappa shape index (κ2) is 3.16. The monoisotopic (exact) mass is 187 g/mol. The molecule has 0 aliphatic rings. The highest BCUT2D eigenvalue weighted by Gasteiger charge is 2.11. The maximum Gasteiger partial charge on any atom is 0.0459 e. The smallest absolute Gasteiger partial charge is 0.0459 e. The van der Waals surface area contributed by atoms with Crippen molar-refractivity contribution in [2.45, 2.75) is 33.6 Å². The Morgan fingerprint density at radius 3 is 2.43 bits per heavy atom. The molecular formula is C13H17N. The van der Waals surface area contributed by atoms with Crippen LogP contribution < -0.4 is 0 Å². The molecule has 0 saturated carbocycles. The number of hydrogen-bond acceptors (Lipinski definition) is 0. The molecular weight excluding hydrogens is 170 g/mol. The fourth-order valence-electron chi connectivity index (χ4n) is 2.27. The minimum atomic E-state index is 0.591. The van der Waals surface area contributed by atoms with Gasteiger partial charge >= 0.3 is 0 Å². The number of aromatic nitrogens is 1. The predicted molar refractivity (Wildman–Crippen MR) is 61.9 cm³/mol. The van der Waals surface area contributed by atoms with Crippen molar-refractivity contribution >= 4 is 10.9 Å². The van der Waals surface area contributed by atoms with E-state index in [0.717, 1.165) is 0 Å². The van der Waals surface area contributed by atoms with Crippen LogP contribution in [0, 0.1) is 13.8 Å². The molecule has 1 aromatic carbocycles. The molecule has 2 rings (SSSR count). The van der Waals surface area contributed by atoms with Gasteiger partial charge in [0.05, 0.1) is 0 Å². The van der Waals surface area contributed by atoms with Gasteiger partial charge in [-0.3, -0.25) is 0 Å². The summed E-state index contributed by atoms with van der Waals surface area (Å²) in [6.07, 6.45) is 2.09. The molecule has 1 heterocycles. The number of hydrogen-bond donors (Lipinski definition) is 1. The van der Waals surface area contributed by atoms with Crippen LogP contribution in [0.3, 0.4) is 0 Å². The first-order valence-electron chi connectivity index (χ1n) is 5.18. The summed E-state index contributed by atoms with van der Waals surface area (Å²) in [6.45, 7) is 8.88. The van der Waals surface area contributed by atoms with Crippen LogP contribution in [-0.2, 0) is 0 Å². The number of benzene rings is 1. The lowest BCUT2D eigenvalue weighted by atomic mass is 9.93. The molecule has 14 heavy (non-hydrogen) atoms. The van der Waals surface area contributed by atoms with Gasteiger partial charge < -0.3 is 4.98 Å². The van der Waals surface area contributed by atoms with Gasteiger partial charge in [0.25, 0.3) is 0 Å². The van der Waals surface area contributed by atoms with Crippen LogP contribution in [0.1, 0.15) is 36.5 Å². The summed E-state index contributed by atoms with van der Waals surface area (Å²) in [4.78, 5) is 3.31. The second-order valence-corrected chi connectivity index (χ2v) is 4.35. The molecule has 0 saturated heterocycles. The second-order valence-electron chi connectivity index (χ2n) is 4.35. The van der Waals surface area contributed by atoms with Gasteiger partial charge in [0, 0.05) is 17.1 Å². The van der Waals surface area contributed by atoms with Gasteiger partial charge in [-0.05, 0) is 42.5 Å². The van der Waals surface area contributed by atoms with E-state index < -0.39 is 0 Å². The Hall–Kier alpha value is -1.24. The van der Waals surface area contributed by atoms with E-state index in [1.54, 1.807) is 0 Å². The Kier molecular flexibility index (Phi) is 2.10. The van der Waals surface area contributed by atoms with Crippen molar-refractivity contribution in [2.24, 2.45) is 0 Å². The van der Waals surface area contributed by atoms with Crippen molar-refractivity contribution in [2.75, 3.05) is 0 Å². The average molecular weight is 187 g/mol. The third kappa shape index (κ3) is 1.24. The Labute approximate surface area is 85.1 Å². The van der Waals surface area contributed by atoms with Crippen molar-refractivity contribution in [3.8, 4) is 0 Å². The quantitative estimate of drug-likeness (QED) is 0.696. The molecule has 1 heteroatoms. The third-order valence-electron chi connectivity index (χ3n) is 2.88. The van der Waals surface area contributed by atoms with E-state index in [-0.39, 0.29) is 0 Å². The Morgan fingerprint density at radius 2 is 1.79 bits per heavy atom. The molecule has 0 radical (unpaired) electrons. The van der Waals surface area contributed by atoms with Gasteiger partial charge in [0.2, 0.25) is 0 Å². The maximum atomic E-state index is 3.31. The molecule has 1 nitrogen and oxygen atoms in total. The first-order chi connectivity index (χ1) is 6.61. The van der Waals surface area contributed by atoms with Gasteiger partial charge in [-0.25, -0.2) is 0 Å². The average Bonchev–Trinajstić information content (AvgIpc) is 2.47. The highest BCUT2D eigenvalue weighted by molar-refractivity contribution is 5.87. The summed E-state index contributed by atoms with van der Waals surface area (Å²) in [5.41, 5.74) is 5.50. The molecule has 0 fully saturated rings. The van der Waals surface area contributed by atoms with E-state index in [9.17, 15) is 0 Å². The maximum absolute atomic E-state index is 3.31. The summed E-state index contributed by atoms with van der Waals surface area (Å²) in [7, 11) is 0. The van der Waals surface area contributed by atoms with Crippen molar-refractivity contribution in [3.63, 3.8) is 0 Å². The zero-order valence-electron chi connectivity index (χ0n) is 9.31. The summed E-state index contributed by atoms with van der Waals surface area (Å²) in [6, 6.07) is 4.37. The molecule has 2 aromatic rings. The molecule has 0 bridgehead atoms.